The van der Waals surface area contributed by atoms with Crippen molar-refractivity contribution in [3.63, 3.8) is 0 Å². The molecular weight excluding hydrogens is 286 g/mol. The molecule has 4 heteroatoms. The van der Waals surface area contributed by atoms with E-state index in [2.05, 4.69) is 9.97 Å². The molecule has 1 aromatic heterocycles. The molecule has 2 aromatic carbocycles. The number of aryl methyl sites for hydroxylation is 1. The molecule has 0 aliphatic carbocycles. The van der Waals surface area contributed by atoms with Crippen molar-refractivity contribution in [2.45, 2.75) is 6.92 Å². The van der Waals surface area contributed by atoms with Gasteiger partial charge in [0.05, 0.1) is 22.9 Å². The minimum absolute atomic E-state index is 0.0453. The lowest BCUT2D eigenvalue weighted by atomic mass is 9.99. The first-order valence-electron chi connectivity index (χ1n) is 7.13. The molecule has 23 heavy (non-hydrogen) atoms. The summed E-state index contributed by atoms with van der Waals surface area (Å²) in [5.41, 5.74) is 3.39. The van der Waals surface area contributed by atoms with E-state index in [1.54, 1.807) is 18.3 Å². The van der Waals surface area contributed by atoms with E-state index in [0.29, 0.717) is 11.3 Å². The van der Waals surface area contributed by atoms with E-state index in [1.807, 2.05) is 49.4 Å². The number of para-hydroxylation sites is 2. The van der Waals surface area contributed by atoms with Crippen molar-refractivity contribution in [1.82, 2.24) is 9.97 Å². The summed E-state index contributed by atoms with van der Waals surface area (Å²) in [7, 11) is 0. The molecule has 0 fully saturated rings. The van der Waals surface area contributed by atoms with Crippen molar-refractivity contribution >= 4 is 22.9 Å². The first-order chi connectivity index (χ1) is 11.2. The van der Waals surface area contributed by atoms with Gasteiger partial charge in [-0.1, -0.05) is 36.4 Å². The number of allylic oxidation sites excluding steroid dienone is 1. The number of ketones is 1. The predicted molar refractivity (Wildman–Crippen MR) is 88.6 cm³/mol. The van der Waals surface area contributed by atoms with Gasteiger partial charge in [0.25, 0.3) is 0 Å². The first kappa shape index (κ1) is 14.6. The van der Waals surface area contributed by atoms with Crippen LogP contribution in [0.3, 0.4) is 0 Å². The van der Waals surface area contributed by atoms with E-state index in [-0.39, 0.29) is 11.4 Å². The van der Waals surface area contributed by atoms with Crippen LogP contribution < -0.4 is 0 Å². The highest BCUT2D eigenvalue weighted by Crippen LogP contribution is 2.16. The Bertz CT molecular complexity index is 968. The molecule has 0 aliphatic heterocycles. The summed E-state index contributed by atoms with van der Waals surface area (Å²) in [6, 6.07) is 16.6. The van der Waals surface area contributed by atoms with Gasteiger partial charge >= 0.3 is 0 Å². The molecule has 0 saturated carbocycles. The molecular formula is C19H13N3O. The fraction of sp³-hybridized carbons (Fsp3) is 0.0526. The fourth-order valence-electron chi connectivity index (χ4n) is 2.31. The Morgan fingerprint density at radius 2 is 1.78 bits per heavy atom. The summed E-state index contributed by atoms with van der Waals surface area (Å²) in [6.45, 7) is 1.85. The zero-order valence-electron chi connectivity index (χ0n) is 12.5. The molecule has 3 rings (SSSR count). The van der Waals surface area contributed by atoms with Crippen molar-refractivity contribution in [1.29, 1.82) is 5.26 Å². The van der Waals surface area contributed by atoms with Gasteiger partial charge in [-0.3, -0.25) is 9.78 Å². The quantitative estimate of drug-likeness (QED) is 0.420. The Morgan fingerprint density at radius 3 is 2.52 bits per heavy atom. The summed E-state index contributed by atoms with van der Waals surface area (Å²) < 4.78 is 0. The second kappa shape index (κ2) is 6.20. The highest BCUT2D eigenvalue weighted by Gasteiger charge is 2.14. The van der Waals surface area contributed by atoms with Crippen LogP contribution in [0.2, 0.25) is 0 Å². The van der Waals surface area contributed by atoms with Crippen LogP contribution in [0.5, 0.6) is 0 Å². The Morgan fingerprint density at radius 1 is 1.09 bits per heavy atom. The summed E-state index contributed by atoms with van der Waals surface area (Å²) in [5.74, 6) is -0.305. The molecule has 0 radical (unpaired) electrons. The summed E-state index contributed by atoms with van der Waals surface area (Å²) in [5, 5.41) is 9.34. The van der Waals surface area contributed by atoms with Crippen LogP contribution in [-0.4, -0.2) is 15.8 Å². The average Bonchev–Trinajstić information content (AvgIpc) is 2.59. The molecule has 4 nitrogen and oxygen atoms in total. The van der Waals surface area contributed by atoms with Crippen molar-refractivity contribution in [2.24, 2.45) is 0 Å². The number of nitrogens with zero attached hydrogens (tertiary/aromatic N) is 3. The third-order valence-corrected chi connectivity index (χ3v) is 3.51. The molecule has 0 unspecified atom stereocenters. The molecule has 0 bridgehead atoms. The van der Waals surface area contributed by atoms with Crippen molar-refractivity contribution in [2.75, 3.05) is 0 Å². The van der Waals surface area contributed by atoms with E-state index < -0.39 is 0 Å². The first-order valence-corrected chi connectivity index (χ1v) is 7.13. The number of aromatic nitrogens is 2. The largest absolute Gasteiger partial charge is 0.288 e. The van der Waals surface area contributed by atoms with Gasteiger partial charge in [0.15, 0.2) is 0 Å². The van der Waals surface area contributed by atoms with Crippen LogP contribution >= 0.6 is 0 Å². The standard InChI is InChI=1S/C19H13N3O/c1-13-6-2-3-7-16(13)19(23)14(11-20)10-15-12-21-17-8-4-5-9-18(17)22-15/h2-10,12H,1H3/b14-10+. The molecule has 0 atom stereocenters. The number of carbonyl (C=O) groups excluding carboxylic acids is 1. The van der Waals surface area contributed by atoms with E-state index in [0.717, 1.165) is 16.6 Å². The van der Waals surface area contributed by atoms with E-state index >= 15 is 0 Å². The third-order valence-electron chi connectivity index (χ3n) is 3.51. The van der Waals surface area contributed by atoms with Gasteiger partial charge in [0.1, 0.15) is 11.6 Å². The normalized spacial score (nSPS) is 11.2. The Labute approximate surface area is 133 Å². The lowest BCUT2D eigenvalue weighted by Crippen LogP contribution is -2.04. The molecule has 0 aliphatic rings. The number of carbonyl (C=O) groups is 1. The average molecular weight is 299 g/mol. The van der Waals surface area contributed by atoms with Crippen molar-refractivity contribution in [3.8, 4) is 6.07 Å². The summed E-state index contributed by atoms with van der Waals surface area (Å²) in [4.78, 5) is 21.2. The smallest absolute Gasteiger partial charge is 0.203 e. The van der Waals surface area contributed by atoms with Crippen LogP contribution in [0.1, 0.15) is 21.6 Å². The molecule has 3 aromatic rings. The molecule has 0 N–H and O–H groups in total. The molecule has 0 amide bonds. The lowest BCUT2D eigenvalue weighted by molar-refractivity contribution is 0.103. The number of rotatable bonds is 3. The van der Waals surface area contributed by atoms with Gasteiger partial charge in [-0.25, -0.2) is 4.98 Å². The number of nitriles is 1. The molecule has 110 valence electrons. The number of Topliss-reactive ketones (excluding diaryl/α,β-unsaturated/α-hetero) is 1. The van der Waals surface area contributed by atoms with Gasteiger partial charge in [-0.05, 0) is 30.7 Å². The Kier molecular flexibility index (Phi) is 3.94. The minimum Gasteiger partial charge on any atom is -0.288 e. The Balaban J connectivity index is 2.02. The van der Waals surface area contributed by atoms with Gasteiger partial charge in [-0.15, -0.1) is 0 Å². The van der Waals surface area contributed by atoms with Crippen molar-refractivity contribution in [3.05, 3.63) is 77.1 Å². The van der Waals surface area contributed by atoms with Crippen molar-refractivity contribution < 1.29 is 4.79 Å². The monoisotopic (exact) mass is 299 g/mol. The van der Waals surface area contributed by atoms with E-state index in [9.17, 15) is 10.1 Å². The molecule has 0 saturated heterocycles. The van der Waals surface area contributed by atoms with Gasteiger partial charge < -0.3 is 0 Å². The fourth-order valence-corrected chi connectivity index (χ4v) is 2.31. The van der Waals surface area contributed by atoms with Crippen LogP contribution in [0, 0.1) is 18.3 Å². The number of hydrogen-bond donors (Lipinski definition) is 0. The SMILES string of the molecule is Cc1ccccc1C(=O)/C(C#N)=C/c1cnc2ccccc2n1. The molecule has 0 spiro atoms. The highest BCUT2D eigenvalue weighted by molar-refractivity contribution is 6.14. The minimum atomic E-state index is -0.305. The van der Waals surface area contributed by atoms with Gasteiger partial charge in [-0.2, -0.15) is 5.26 Å². The van der Waals surface area contributed by atoms with Crippen LogP contribution in [0.4, 0.5) is 0 Å². The maximum absolute atomic E-state index is 12.5. The number of fused-ring (bicyclic) bond motifs is 1. The lowest BCUT2D eigenvalue weighted by Gasteiger charge is -2.03. The van der Waals surface area contributed by atoms with Gasteiger partial charge in [0, 0.05) is 5.56 Å². The Hall–Kier alpha value is -3.32. The summed E-state index contributed by atoms with van der Waals surface area (Å²) in [6.07, 6.45) is 3.04. The number of hydrogen-bond acceptors (Lipinski definition) is 4. The predicted octanol–water partition coefficient (Wildman–Crippen LogP) is 3.73. The highest BCUT2D eigenvalue weighted by atomic mass is 16.1. The zero-order chi connectivity index (χ0) is 16.2. The second-order valence-electron chi connectivity index (χ2n) is 5.10. The number of benzene rings is 2. The summed E-state index contributed by atoms with van der Waals surface area (Å²) >= 11 is 0. The second-order valence-corrected chi connectivity index (χ2v) is 5.10. The van der Waals surface area contributed by atoms with Crippen LogP contribution in [0.25, 0.3) is 17.1 Å². The topological polar surface area (TPSA) is 66.6 Å². The third kappa shape index (κ3) is 2.99. The van der Waals surface area contributed by atoms with Crippen LogP contribution in [0.15, 0.2) is 60.3 Å². The maximum atomic E-state index is 12.5. The zero-order valence-corrected chi connectivity index (χ0v) is 12.5. The van der Waals surface area contributed by atoms with E-state index in [4.69, 9.17) is 0 Å². The van der Waals surface area contributed by atoms with E-state index in [1.165, 1.54) is 6.08 Å². The molecule has 1 heterocycles. The maximum Gasteiger partial charge on any atom is 0.203 e. The van der Waals surface area contributed by atoms with Gasteiger partial charge in [0.2, 0.25) is 5.78 Å². The van der Waals surface area contributed by atoms with Crippen LogP contribution in [-0.2, 0) is 0 Å².